The monoisotopic (exact) mass is 471 g/mol. The van der Waals surface area contributed by atoms with Gasteiger partial charge in [0.25, 0.3) is 0 Å². The van der Waals surface area contributed by atoms with Crippen LogP contribution >= 0.6 is 0 Å². The topological polar surface area (TPSA) is 77.9 Å². The first kappa shape index (κ1) is 24.6. The molecule has 0 aliphatic carbocycles. The molecule has 3 N–H and O–H groups in total. The zero-order chi connectivity index (χ0) is 25.0. The second-order valence-corrected chi connectivity index (χ2v) is 10.3. The molecule has 6 heteroatoms. The lowest BCUT2D eigenvalue weighted by Gasteiger charge is -2.19. The van der Waals surface area contributed by atoms with Crippen LogP contribution in [-0.2, 0) is 31.3 Å². The van der Waals surface area contributed by atoms with Crippen LogP contribution in [-0.4, -0.2) is 20.9 Å². The summed E-state index contributed by atoms with van der Waals surface area (Å²) in [5, 5.41) is 7.89. The normalized spacial score (nSPS) is 13.8. The molecule has 0 spiro atoms. The first-order valence-electron chi connectivity index (χ1n) is 12.5. The Balaban J connectivity index is 1.39. The maximum atomic E-state index is 12.9. The number of rotatable bonds is 8. The van der Waals surface area contributed by atoms with Crippen LogP contribution in [0.1, 0.15) is 62.2 Å². The van der Waals surface area contributed by atoms with E-state index in [-0.39, 0.29) is 11.1 Å². The van der Waals surface area contributed by atoms with E-state index in [2.05, 4.69) is 74.6 Å². The summed E-state index contributed by atoms with van der Waals surface area (Å²) in [4.78, 5) is 12.9. The molecule has 1 aliphatic rings. The van der Waals surface area contributed by atoms with E-state index in [0.29, 0.717) is 13.1 Å². The van der Waals surface area contributed by atoms with E-state index in [0.717, 1.165) is 42.9 Å². The van der Waals surface area contributed by atoms with Crippen molar-refractivity contribution in [1.29, 1.82) is 0 Å². The number of aryl methyl sites for hydroxylation is 2. The summed E-state index contributed by atoms with van der Waals surface area (Å²) in [6.07, 6.45) is 6.51. The van der Waals surface area contributed by atoms with E-state index in [1.165, 1.54) is 22.3 Å². The standard InChI is InChI=1S/C29H37N5O/c1-5-33-27(32-34(28(33)35)20-22-11-15-25(16-12-22)29(2,3)4)8-6-7-21-9-13-23(14-10-21)24-17-26(30)19-31-18-24/h9-17,19,31H,5-8,18,20,30H2,1-4H3. The number of dihydropyridines is 1. The highest BCUT2D eigenvalue weighted by Gasteiger charge is 2.15. The third-order valence-corrected chi connectivity index (χ3v) is 6.56. The van der Waals surface area contributed by atoms with Gasteiger partial charge in [-0.3, -0.25) is 4.57 Å². The zero-order valence-corrected chi connectivity index (χ0v) is 21.3. The molecule has 35 heavy (non-hydrogen) atoms. The van der Waals surface area contributed by atoms with Crippen molar-refractivity contribution < 1.29 is 0 Å². The third kappa shape index (κ3) is 5.94. The number of nitrogens with two attached hydrogens (primary N) is 1. The number of nitrogens with one attached hydrogen (secondary N) is 1. The van der Waals surface area contributed by atoms with Crippen molar-refractivity contribution in [2.75, 3.05) is 6.54 Å². The molecule has 0 bridgehead atoms. The summed E-state index contributed by atoms with van der Waals surface area (Å²) in [5.41, 5.74) is 12.8. The Morgan fingerprint density at radius 3 is 2.31 bits per heavy atom. The van der Waals surface area contributed by atoms with Crippen LogP contribution < -0.4 is 16.7 Å². The lowest BCUT2D eigenvalue weighted by atomic mass is 9.87. The smallest absolute Gasteiger partial charge is 0.346 e. The summed E-state index contributed by atoms with van der Waals surface area (Å²) < 4.78 is 3.40. The number of benzene rings is 2. The van der Waals surface area contributed by atoms with Gasteiger partial charge in [0.05, 0.1) is 6.54 Å². The van der Waals surface area contributed by atoms with Crippen molar-refractivity contribution in [1.82, 2.24) is 19.7 Å². The van der Waals surface area contributed by atoms with E-state index < -0.39 is 0 Å². The molecule has 0 atom stereocenters. The van der Waals surface area contributed by atoms with Crippen LogP contribution in [0.5, 0.6) is 0 Å². The van der Waals surface area contributed by atoms with Crippen molar-refractivity contribution in [3.8, 4) is 0 Å². The third-order valence-electron chi connectivity index (χ3n) is 6.56. The number of hydrogen-bond acceptors (Lipinski definition) is 4. The van der Waals surface area contributed by atoms with Gasteiger partial charge in [-0.05, 0) is 59.1 Å². The van der Waals surface area contributed by atoms with E-state index >= 15 is 0 Å². The maximum Gasteiger partial charge on any atom is 0.346 e. The molecule has 2 aromatic carbocycles. The molecular weight excluding hydrogens is 434 g/mol. The Hall–Kier alpha value is -3.54. The largest absolute Gasteiger partial charge is 0.398 e. The Labute approximate surface area is 208 Å². The van der Waals surface area contributed by atoms with Gasteiger partial charge in [0.15, 0.2) is 0 Å². The molecule has 0 amide bonds. The molecular formula is C29H37N5O. The second-order valence-electron chi connectivity index (χ2n) is 10.3. The molecule has 1 aliphatic heterocycles. The number of aromatic nitrogens is 3. The van der Waals surface area contributed by atoms with Gasteiger partial charge in [0.2, 0.25) is 0 Å². The van der Waals surface area contributed by atoms with Crippen molar-refractivity contribution in [2.45, 2.75) is 65.5 Å². The summed E-state index contributed by atoms with van der Waals surface area (Å²) in [6.45, 7) is 10.5. The van der Waals surface area contributed by atoms with E-state index in [1.807, 2.05) is 19.2 Å². The van der Waals surface area contributed by atoms with Crippen LogP contribution in [0.25, 0.3) is 5.57 Å². The first-order chi connectivity index (χ1) is 16.7. The van der Waals surface area contributed by atoms with Gasteiger partial charge in [0.1, 0.15) is 5.82 Å². The van der Waals surface area contributed by atoms with E-state index in [1.54, 1.807) is 9.25 Å². The Bertz CT molecular complexity index is 1270. The fourth-order valence-corrected chi connectivity index (χ4v) is 4.47. The second kappa shape index (κ2) is 10.4. The molecule has 0 fully saturated rings. The lowest BCUT2D eigenvalue weighted by Crippen LogP contribution is -2.25. The highest BCUT2D eigenvalue weighted by Crippen LogP contribution is 2.22. The average molecular weight is 472 g/mol. The summed E-state index contributed by atoms with van der Waals surface area (Å²) in [6, 6.07) is 17.2. The minimum Gasteiger partial charge on any atom is -0.398 e. The highest BCUT2D eigenvalue weighted by molar-refractivity contribution is 5.70. The lowest BCUT2D eigenvalue weighted by molar-refractivity contribution is 0.588. The summed E-state index contributed by atoms with van der Waals surface area (Å²) in [5.74, 6) is 0.862. The van der Waals surface area contributed by atoms with E-state index in [9.17, 15) is 4.79 Å². The Kier molecular flexibility index (Phi) is 7.29. The first-order valence-corrected chi connectivity index (χ1v) is 12.5. The Morgan fingerprint density at radius 1 is 1.00 bits per heavy atom. The zero-order valence-electron chi connectivity index (χ0n) is 21.3. The van der Waals surface area contributed by atoms with Gasteiger partial charge in [-0.15, -0.1) is 0 Å². The van der Waals surface area contributed by atoms with Crippen LogP contribution in [0, 0.1) is 0 Å². The molecule has 4 rings (SSSR count). The quantitative estimate of drug-likeness (QED) is 0.511. The average Bonchev–Trinajstić information content (AvgIpc) is 3.13. The molecule has 0 saturated heterocycles. The predicted octanol–water partition coefficient (Wildman–Crippen LogP) is 4.37. The number of hydrogen-bond donors (Lipinski definition) is 2. The summed E-state index contributed by atoms with van der Waals surface area (Å²) >= 11 is 0. The molecule has 0 radical (unpaired) electrons. The van der Waals surface area contributed by atoms with Gasteiger partial charge in [-0.25, -0.2) is 9.48 Å². The van der Waals surface area contributed by atoms with Crippen molar-refractivity contribution in [3.63, 3.8) is 0 Å². The van der Waals surface area contributed by atoms with Crippen LogP contribution in [0.15, 0.2) is 71.3 Å². The molecule has 184 valence electrons. The molecule has 2 heterocycles. The molecule has 3 aromatic rings. The fourth-order valence-electron chi connectivity index (χ4n) is 4.47. The molecule has 0 unspecified atom stereocenters. The highest BCUT2D eigenvalue weighted by atomic mass is 16.2. The minimum atomic E-state index is -0.0329. The summed E-state index contributed by atoms with van der Waals surface area (Å²) in [7, 11) is 0. The number of nitrogens with zero attached hydrogens (tertiary/aromatic N) is 3. The van der Waals surface area contributed by atoms with Gasteiger partial charge in [-0.2, -0.15) is 5.10 Å². The Morgan fingerprint density at radius 2 is 1.69 bits per heavy atom. The van der Waals surface area contributed by atoms with Gasteiger partial charge >= 0.3 is 5.69 Å². The minimum absolute atomic E-state index is 0.0329. The van der Waals surface area contributed by atoms with Crippen LogP contribution in [0.3, 0.4) is 0 Å². The van der Waals surface area contributed by atoms with Crippen LogP contribution in [0.2, 0.25) is 0 Å². The SMILES string of the molecule is CCn1c(CCCc2ccc(C3=CC(N)=CNC3)cc2)nn(Cc2ccc(C(C)(C)C)cc2)c1=O. The fraction of sp³-hybridized carbons (Fsp3) is 0.379. The number of allylic oxidation sites excluding steroid dienone is 1. The van der Waals surface area contributed by atoms with Crippen LogP contribution in [0.4, 0.5) is 0 Å². The van der Waals surface area contributed by atoms with Gasteiger partial charge in [-0.1, -0.05) is 69.3 Å². The predicted molar refractivity (Wildman–Crippen MR) is 143 cm³/mol. The van der Waals surface area contributed by atoms with Gasteiger partial charge in [0, 0.05) is 31.4 Å². The van der Waals surface area contributed by atoms with Crippen molar-refractivity contribution in [3.05, 3.63) is 105 Å². The maximum absolute atomic E-state index is 12.9. The molecule has 6 nitrogen and oxygen atoms in total. The van der Waals surface area contributed by atoms with Crippen molar-refractivity contribution >= 4 is 5.57 Å². The van der Waals surface area contributed by atoms with E-state index in [4.69, 9.17) is 10.8 Å². The molecule has 1 aromatic heterocycles. The molecule has 0 saturated carbocycles. The van der Waals surface area contributed by atoms with Crippen molar-refractivity contribution in [2.24, 2.45) is 5.73 Å². The van der Waals surface area contributed by atoms with Gasteiger partial charge < -0.3 is 11.1 Å².